The Morgan fingerprint density at radius 3 is 1.91 bits per heavy atom. The van der Waals surface area contributed by atoms with Crippen LogP contribution in [0, 0.1) is 0 Å². The molecule has 0 rings (SSSR count). The van der Waals surface area contributed by atoms with Crippen molar-refractivity contribution in [3.05, 3.63) is 0 Å². The maximum atomic E-state index is 5.58. The van der Waals surface area contributed by atoms with Crippen LogP contribution in [-0.4, -0.2) is 3.79 Å². The Hall–Kier alpha value is 0.870. The number of rotatable bonds is 5. The summed E-state index contributed by atoms with van der Waals surface area (Å²) in [7, 11) is 0. The number of unbranched alkanes of at least 4 members (excludes halogenated alkanes) is 4. The van der Waals surface area contributed by atoms with Gasteiger partial charge in [0.2, 0.25) is 0 Å². The van der Waals surface area contributed by atoms with Crippen molar-refractivity contribution in [2.24, 2.45) is 0 Å². The Bertz CT molecular complexity index is 85.8. The first-order valence-corrected chi connectivity index (χ1v) is 5.26. The van der Waals surface area contributed by atoms with Crippen LogP contribution < -0.4 is 0 Å². The molecular weight excluding hydrogens is 202 g/mol. The normalized spacial score (nSPS) is 12.0. The zero-order valence-electron chi connectivity index (χ0n) is 6.88. The van der Waals surface area contributed by atoms with Crippen LogP contribution in [0.1, 0.15) is 45.4 Å². The molecule has 0 fully saturated rings. The molecule has 0 unspecified atom stereocenters. The van der Waals surface area contributed by atoms with Crippen LogP contribution in [0.2, 0.25) is 0 Å². The SMILES string of the molecule is CCCCCCCC(Cl)(Cl)Cl. The lowest BCUT2D eigenvalue weighted by molar-refractivity contribution is 0.612. The standard InChI is InChI=1S/C8H15Cl3/c1-2-3-4-5-6-7-8(9,10)11/h2-7H2,1H3. The Morgan fingerprint density at radius 2 is 1.45 bits per heavy atom. The summed E-state index contributed by atoms with van der Waals surface area (Å²) in [6, 6.07) is 0. The highest BCUT2D eigenvalue weighted by atomic mass is 35.6. The summed E-state index contributed by atoms with van der Waals surface area (Å²) in [5.74, 6) is 0. The van der Waals surface area contributed by atoms with Crippen molar-refractivity contribution in [3.63, 3.8) is 0 Å². The minimum atomic E-state index is -1.04. The van der Waals surface area contributed by atoms with E-state index in [1.807, 2.05) is 0 Å². The number of hydrogen-bond acceptors (Lipinski definition) is 0. The second-order valence-electron chi connectivity index (χ2n) is 2.78. The van der Waals surface area contributed by atoms with Gasteiger partial charge in [0.1, 0.15) is 0 Å². The van der Waals surface area contributed by atoms with Crippen molar-refractivity contribution < 1.29 is 0 Å². The van der Waals surface area contributed by atoms with Gasteiger partial charge in [-0.3, -0.25) is 0 Å². The average molecular weight is 218 g/mol. The maximum Gasteiger partial charge on any atom is 0.190 e. The third-order valence-corrected chi connectivity index (χ3v) is 2.13. The third-order valence-electron chi connectivity index (χ3n) is 1.56. The highest BCUT2D eigenvalue weighted by Crippen LogP contribution is 2.32. The summed E-state index contributed by atoms with van der Waals surface area (Å²) in [5, 5.41) is 0. The highest BCUT2D eigenvalue weighted by Gasteiger charge is 2.17. The molecule has 0 aromatic rings. The van der Waals surface area contributed by atoms with E-state index < -0.39 is 3.79 Å². The van der Waals surface area contributed by atoms with Gasteiger partial charge in [0.25, 0.3) is 0 Å². The minimum absolute atomic E-state index is 0.682. The number of alkyl halides is 3. The predicted molar refractivity (Wildman–Crippen MR) is 53.7 cm³/mol. The van der Waals surface area contributed by atoms with Gasteiger partial charge in [-0.25, -0.2) is 0 Å². The van der Waals surface area contributed by atoms with Gasteiger partial charge in [-0.1, -0.05) is 67.4 Å². The van der Waals surface area contributed by atoms with Gasteiger partial charge in [-0.05, 0) is 12.8 Å². The van der Waals surface area contributed by atoms with Crippen LogP contribution in [0.5, 0.6) is 0 Å². The zero-order valence-corrected chi connectivity index (χ0v) is 9.14. The number of hydrogen-bond donors (Lipinski definition) is 0. The van der Waals surface area contributed by atoms with Crippen LogP contribution >= 0.6 is 34.8 Å². The Morgan fingerprint density at radius 1 is 0.909 bits per heavy atom. The van der Waals surface area contributed by atoms with E-state index >= 15 is 0 Å². The van der Waals surface area contributed by atoms with E-state index in [9.17, 15) is 0 Å². The summed E-state index contributed by atoms with van der Waals surface area (Å²) in [4.78, 5) is 0. The molecule has 0 aliphatic carbocycles. The van der Waals surface area contributed by atoms with E-state index in [2.05, 4.69) is 6.92 Å². The second-order valence-corrected chi connectivity index (χ2v) is 5.30. The topological polar surface area (TPSA) is 0 Å². The predicted octanol–water partition coefficient (Wildman–Crippen LogP) is 4.72. The van der Waals surface area contributed by atoms with Crippen LogP contribution in [0.15, 0.2) is 0 Å². The van der Waals surface area contributed by atoms with E-state index in [0.29, 0.717) is 6.42 Å². The molecule has 0 heterocycles. The lowest BCUT2D eigenvalue weighted by Crippen LogP contribution is -2.00. The summed E-state index contributed by atoms with van der Waals surface area (Å²) in [6.07, 6.45) is 6.70. The van der Waals surface area contributed by atoms with E-state index in [0.717, 1.165) is 6.42 Å². The highest BCUT2D eigenvalue weighted by molar-refractivity contribution is 6.67. The molecule has 0 bridgehead atoms. The fourth-order valence-corrected chi connectivity index (χ4v) is 1.33. The van der Waals surface area contributed by atoms with Crippen molar-refractivity contribution in [2.45, 2.75) is 49.2 Å². The van der Waals surface area contributed by atoms with Crippen molar-refractivity contribution in [3.8, 4) is 0 Å². The summed E-state index contributed by atoms with van der Waals surface area (Å²) in [6.45, 7) is 2.19. The van der Waals surface area contributed by atoms with E-state index in [-0.39, 0.29) is 0 Å². The van der Waals surface area contributed by atoms with E-state index in [4.69, 9.17) is 34.8 Å². The van der Waals surface area contributed by atoms with Crippen molar-refractivity contribution in [1.82, 2.24) is 0 Å². The van der Waals surface area contributed by atoms with Gasteiger partial charge >= 0.3 is 0 Å². The molecule has 0 spiro atoms. The van der Waals surface area contributed by atoms with Gasteiger partial charge in [0.15, 0.2) is 3.79 Å². The molecule has 0 saturated carbocycles. The first-order valence-electron chi connectivity index (χ1n) is 4.13. The largest absolute Gasteiger partial charge is 0.190 e. The monoisotopic (exact) mass is 216 g/mol. The smallest absolute Gasteiger partial charge is 0.0837 e. The van der Waals surface area contributed by atoms with Crippen LogP contribution in [0.3, 0.4) is 0 Å². The quantitative estimate of drug-likeness (QED) is 0.462. The molecule has 0 amide bonds. The molecule has 0 saturated heterocycles. The summed E-state index contributed by atoms with van der Waals surface area (Å²) < 4.78 is -1.04. The van der Waals surface area contributed by atoms with E-state index in [1.165, 1.54) is 25.7 Å². The molecule has 0 aromatic heterocycles. The van der Waals surface area contributed by atoms with Crippen LogP contribution in [-0.2, 0) is 0 Å². The second kappa shape index (κ2) is 6.39. The zero-order chi connectivity index (χ0) is 8.74. The first-order chi connectivity index (χ1) is 5.06. The van der Waals surface area contributed by atoms with Gasteiger partial charge in [0.05, 0.1) is 0 Å². The molecule has 0 aliphatic rings. The van der Waals surface area contributed by atoms with Gasteiger partial charge in [-0.2, -0.15) is 0 Å². The fraction of sp³-hybridized carbons (Fsp3) is 1.00. The fourth-order valence-electron chi connectivity index (χ4n) is 0.929. The average Bonchev–Trinajstić information content (AvgIpc) is 1.85. The Labute approximate surface area is 84.2 Å². The van der Waals surface area contributed by atoms with Crippen molar-refractivity contribution >= 4 is 34.8 Å². The minimum Gasteiger partial charge on any atom is -0.0837 e. The lowest BCUT2D eigenvalue weighted by Gasteiger charge is -2.09. The molecule has 0 aliphatic heterocycles. The van der Waals surface area contributed by atoms with Gasteiger partial charge in [-0.15, -0.1) is 0 Å². The van der Waals surface area contributed by atoms with Crippen LogP contribution in [0.25, 0.3) is 0 Å². The first kappa shape index (κ1) is 11.9. The molecule has 68 valence electrons. The molecule has 0 aromatic carbocycles. The molecule has 11 heavy (non-hydrogen) atoms. The van der Waals surface area contributed by atoms with Gasteiger partial charge < -0.3 is 0 Å². The lowest BCUT2D eigenvalue weighted by atomic mass is 10.1. The Kier molecular flexibility index (Phi) is 6.90. The molecule has 0 N–H and O–H groups in total. The molecule has 0 radical (unpaired) electrons. The maximum absolute atomic E-state index is 5.58. The summed E-state index contributed by atoms with van der Waals surface area (Å²) >= 11 is 16.7. The Balaban J connectivity index is 3.02. The van der Waals surface area contributed by atoms with Gasteiger partial charge in [0, 0.05) is 0 Å². The molecule has 3 heteroatoms. The summed E-state index contributed by atoms with van der Waals surface area (Å²) in [5.41, 5.74) is 0. The van der Waals surface area contributed by atoms with Crippen molar-refractivity contribution in [1.29, 1.82) is 0 Å². The number of halogens is 3. The van der Waals surface area contributed by atoms with Crippen molar-refractivity contribution in [2.75, 3.05) is 0 Å². The van der Waals surface area contributed by atoms with Crippen LogP contribution in [0.4, 0.5) is 0 Å². The molecule has 0 atom stereocenters. The molecular formula is C8H15Cl3. The third kappa shape index (κ3) is 10.9. The van der Waals surface area contributed by atoms with E-state index in [1.54, 1.807) is 0 Å². The molecule has 0 nitrogen and oxygen atoms in total.